The summed E-state index contributed by atoms with van der Waals surface area (Å²) >= 11 is 0. The fourth-order valence-electron chi connectivity index (χ4n) is 2.39. The molecular formula is C18H26N4O. The molecule has 1 unspecified atom stereocenters. The van der Waals surface area contributed by atoms with Crippen molar-refractivity contribution in [3.8, 4) is 5.69 Å². The van der Waals surface area contributed by atoms with Gasteiger partial charge in [-0.1, -0.05) is 26.0 Å². The minimum absolute atomic E-state index is 0.0306. The number of carbonyl (C=O) groups excluding carboxylic acids is 1. The molecule has 23 heavy (non-hydrogen) atoms. The summed E-state index contributed by atoms with van der Waals surface area (Å²) in [5.41, 5.74) is 2.13. The van der Waals surface area contributed by atoms with Gasteiger partial charge < -0.3 is 15.2 Å². The van der Waals surface area contributed by atoms with Crippen LogP contribution in [0, 0.1) is 5.92 Å². The molecule has 2 N–H and O–H groups in total. The Morgan fingerprint density at radius 2 is 1.96 bits per heavy atom. The fourth-order valence-corrected chi connectivity index (χ4v) is 2.39. The van der Waals surface area contributed by atoms with Crippen LogP contribution in [0.25, 0.3) is 5.69 Å². The van der Waals surface area contributed by atoms with Crippen molar-refractivity contribution in [2.45, 2.75) is 39.7 Å². The summed E-state index contributed by atoms with van der Waals surface area (Å²) in [6.07, 6.45) is 7.56. The summed E-state index contributed by atoms with van der Waals surface area (Å²) in [6.45, 7) is 7.08. The fraction of sp³-hybridized carbons (Fsp3) is 0.444. The average Bonchev–Trinajstić information content (AvgIpc) is 3.06. The first-order valence-electron chi connectivity index (χ1n) is 8.19. The SMILES string of the molecule is CC(C)CCCNC(=O)NC(C)c1ccc(-n2ccnc2)cc1. The van der Waals surface area contributed by atoms with Crippen molar-refractivity contribution >= 4 is 6.03 Å². The van der Waals surface area contributed by atoms with E-state index in [1.54, 1.807) is 12.5 Å². The van der Waals surface area contributed by atoms with Crippen LogP contribution in [0.2, 0.25) is 0 Å². The lowest BCUT2D eigenvalue weighted by Crippen LogP contribution is -2.37. The van der Waals surface area contributed by atoms with Crippen LogP contribution in [0.15, 0.2) is 43.0 Å². The van der Waals surface area contributed by atoms with E-state index in [0.717, 1.165) is 30.6 Å². The number of imidazole rings is 1. The number of aromatic nitrogens is 2. The third-order valence-electron chi connectivity index (χ3n) is 3.79. The second-order valence-electron chi connectivity index (χ2n) is 6.22. The molecule has 0 fully saturated rings. The lowest BCUT2D eigenvalue weighted by atomic mass is 10.1. The number of rotatable bonds is 7. The quantitative estimate of drug-likeness (QED) is 0.766. The van der Waals surface area contributed by atoms with Gasteiger partial charge in [-0.3, -0.25) is 0 Å². The van der Waals surface area contributed by atoms with Crippen LogP contribution in [-0.4, -0.2) is 22.1 Å². The molecule has 1 atom stereocenters. The standard InChI is InChI=1S/C18H26N4O/c1-14(2)5-4-10-20-18(23)21-15(3)16-6-8-17(9-7-16)22-12-11-19-13-22/h6-9,11-15H,4-5,10H2,1-3H3,(H2,20,21,23). The molecule has 0 saturated heterocycles. The van der Waals surface area contributed by atoms with E-state index < -0.39 is 0 Å². The molecule has 0 radical (unpaired) electrons. The third kappa shape index (κ3) is 5.43. The highest BCUT2D eigenvalue weighted by molar-refractivity contribution is 5.74. The van der Waals surface area contributed by atoms with Crippen molar-refractivity contribution in [2.24, 2.45) is 5.92 Å². The van der Waals surface area contributed by atoms with E-state index in [2.05, 4.69) is 29.5 Å². The number of nitrogens with zero attached hydrogens (tertiary/aromatic N) is 2. The van der Waals surface area contributed by atoms with Crippen molar-refractivity contribution in [3.05, 3.63) is 48.5 Å². The van der Waals surface area contributed by atoms with Crippen LogP contribution in [-0.2, 0) is 0 Å². The first-order valence-corrected chi connectivity index (χ1v) is 8.19. The smallest absolute Gasteiger partial charge is 0.315 e. The van der Waals surface area contributed by atoms with E-state index in [9.17, 15) is 4.79 Å². The largest absolute Gasteiger partial charge is 0.338 e. The summed E-state index contributed by atoms with van der Waals surface area (Å²) in [5, 5.41) is 5.88. The normalized spacial score (nSPS) is 12.2. The van der Waals surface area contributed by atoms with Gasteiger partial charge in [-0.15, -0.1) is 0 Å². The molecule has 2 rings (SSSR count). The Bertz CT molecular complexity index is 590. The van der Waals surface area contributed by atoms with Gasteiger partial charge in [0.2, 0.25) is 0 Å². The zero-order valence-electron chi connectivity index (χ0n) is 14.1. The maximum Gasteiger partial charge on any atom is 0.315 e. The Labute approximate surface area is 138 Å². The van der Waals surface area contributed by atoms with Crippen LogP contribution in [0.4, 0.5) is 4.79 Å². The number of amides is 2. The van der Waals surface area contributed by atoms with Crippen LogP contribution >= 0.6 is 0 Å². The first kappa shape index (κ1) is 17.1. The molecule has 1 aromatic carbocycles. The van der Waals surface area contributed by atoms with E-state index in [1.165, 1.54) is 0 Å². The Morgan fingerprint density at radius 1 is 1.22 bits per heavy atom. The number of nitrogens with one attached hydrogen (secondary N) is 2. The molecule has 124 valence electrons. The van der Waals surface area contributed by atoms with Crippen molar-refractivity contribution in [1.29, 1.82) is 0 Å². The van der Waals surface area contributed by atoms with E-state index in [-0.39, 0.29) is 12.1 Å². The van der Waals surface area contributed by atoms with E-state index >= 15 is 0 Å². The molecule has 1 heterocycles. The molecule has 2 aromatic rings. The summed E-state index contributed by atoms with van der Waals surface area (Å²) in [6, 6.07) is 7.96. The molecule has 0 bridgehead atoms. The minimum Gasteiger partial charge on any atom is -0.338 e. The highest BCUT2D eigenvalue weighted by Crippen LogP contribution is 2.15. The molecule has 0 aliphatic carbocycles. The van der Waals surface area contributed by atoms with Gasteiger partial charge in [0.05, 0.1) is 12.4 Å². The molecule has 0 aliphatic rings. The monoisotopic (exact) mass is 314 g/mol. The first-order chi connectivity index (χ1) is 11.1. The van der Waals surface area contributed by atoms with Crippen molar-refractivity contribution in [1.82, 2.24) is 20.2 Å². The molecular weight excluding hydrogens is 288 g/mol. The van der Waals surface area contributed by atoms with Crippen LogP contribution in [0.3, 0.4) is 0 Å². The molecule has 0 spiro atoms. The van der Waals surface area contributed by atoms with Crippen molar-refractivity contribution in [2.75, 3.05) is 6.54 Å². The number of hydrogen-bond donors (Lipinski definition) is 2. The predicted octanol–water partition coefficient (Wildman–Crippen LogP) is 3.67. The Balaban J connectivity index is 1.81. The van der Waals surface area contributed by atoms with Gasteiger partial charge >= 0.3 is 6.03 Å². The molecule has 2 amide bonds. The highest BCUT2D eigenvalue weighted by Gasteiger charge is 2.09. The van der Waals surface area contributed by atoms with Gasteiger partial charge in [0, 0.05) is 24.6 Å². The van der Waals surface area contributed by atoms with Crippen LogP contribution < -0.4 is 10.6 Å². The van der Waals surface area contributed by atoms with E-state index in [1.807, 2.05) is 42.0 Å². The maximum absolute atomic E-state index is 11.9. The lowest BCUT2D eigenvalue weighted by Gasteiger charge is -2.16. The summed E-state index contributed by atoms with van der Waals surface area (Å²) in [7, 11) is 0. The molecule has 0 saturated carbocycles. The molecule has 5 nitrogen and oxygen atoms in total. The van der Waals surface area contributed by atoms with Gasteiger partial charge in [-0.2, -0.15) is 0 Å². The van der Waals surface area contributed by atoms with Crippen LogP contribution in [0.1, 0.15) is 45.2 Å². The summed E-state index contributed by atoms with van der Waals surface area (Å²) in [5.74, 6) is 0.674. The van der Waals surface area contributed by atoms with Gasteiger partial charge in [-0.25, -0.2) is 9.78 Å². The Morgan fingerprint density at radius 3 is 2.57 bits per heavy atom. The minimum atomic E-state index is -0.111. The van der Waals surface area contributed by atoms with Crippen LogP contribution in [0.5, 0.6) is 0 Å². The van der Waals surface area contributed by atoms with Gasteiger partial charge in [-0.05, 0) is 43.4 Å². The Hall–Kier alpha value is -2.30. The predicted molar refractivity (Wildman–Crippen MR) is 92.6 cm³/mol. The van der Waals surface area contributed by atoms with E-state index in [0.29, 0.717) is 5.92 Å². The maximum atomic E-state index is 11.9. The molecule has 0 aliphatic heterocycles. The van der Waals surface area contributed by atoms with Gasteiger partial charge in [0.1, 0.15) is 0 Å². The molecule has 5 heteroatoms. The van der Waals surface area contributed by atoms with E-state index in [4.69, 9.17) is 0 Å². The van der Waals surface area contributed by atoms with Gasteiger partial charge in [0.15, 0.2) is 0 Å². The van der Waals surface area contributed by atoms with Gasteiger partial charge in [0.25, 0.3) is 0 Å². The Kier molecular flexibility index (Phi) is 6.20. The average molecular weight is 314 g/mol. The number of urea groups is 1. The number of carbonyl (C=O) groups is 1. The summed E-state index contributed by atoms with van der Waals surface area (Å²) < 4.78 is 1.95. The van der Waals surface area contributed by atoms with Crippen molar-refractivity contribution < 1.29 is 4.79 Å². The third-order valence-corrected chi connectivity index (χ3v) is 3.79. The summed E-state index contributed by atoms with van der Waals surface area (Å²) in [4.78, 5) is 15.9. The van der Waals surface area contributed by atoms with Crippen molar-refractivity contribution in [3.63, 3.8) is 0 Å². The second-order valence-corrected chi connectivity index (χ2v) is 6.22. The topological polar surface area (TPSA) is 59.0 Å². The second kappa shape index (κ2) is 8.36. The zero-order valence-corrected chi connectivity index (χ0v) is 14.1. The lowest BCUT2D eigenvalue weighted by molar-refractivity contribution is 0.237. The number of benzene rings is 1. The molecule has 1 aromatic heterocycles. The number of hydrogen-bond acceptors (Lipinski definition) is 2. The highest BCUT2D eigenvalue weighted by atomic mass is 16.2. The zero-order chi connectivity index (χ0) is 16.7.